The number of nitrogens with zero attached hydrogens (tertiary/aromatic N) is 1. The average molecular weight is 350 g/mol. The van der Waals surface area contributed by atoms with Crippen LogP contribution in [0.25, 0.3) is 0 Å². The van der Waals surface area contributed by atoms with E-state index in [1.165, 1.54) is 0 Å². The van der Waals surface area contributed by atoms with Gasteiger partial charge in [0.15, 0.2) is 0 Å². The maximum atomic E-state index is 12.6. The Labute approximate surface area is 123 Å². The summed E-state index contributed by atoms with van der Waals surface area (Å²) in [5.41, 5.74) is 6.83. The van der Waals surface area contributed by atoms with Gasteiger partial charge in [-0.3, -0.25) is 5.41 Å². The minimum absolute atomic E-state index is 0.0342. The molecule has 2 rings (SSSR count). The van der Waals surface area contributed by atoms with Crippen LogP contribution in [0.1, 0.15) is 18.4 Å². The number of anilines is 1. The van der Waals surface area contributed by atoms with Gasteiger partial charge >= 0.3 is 6.18 Å². The Morgan fingerprint density at radius 1 is 1.30 bits per heavy atom. The number of hydrogen-bond acceptors (Lipinski definition) is 2. The molecule has 3 N–H and O–H groups in total. The van der Waals surface area contributed by atoms with Crippen molar-refractivity contribution in [1.29, 1.82) is 5.41 Å². The number of alkyl halides is 3. The minimum atomic E-state index is -4.10. The Morgan fingerprint density at radius 2 is 1.90 bits per heavy atom. The molecule has 0 unspecified atom stereocenters. The predicted octanol–water partition coefficient (Wildman–Crippen LogP) is 3.51. The molecule has 0 atom stereocenters. The number of benzene rings is 1. The molecule has 1 fully saturated rings. The van der Waals surface area contributed by atoms with Crippen molar-refractivity contribution in [2.24, 2.45) is 11.7 Å². The molecule has 0 aliphatic carbocycles. The molecular weight excluding hydrogens is 335 g/mol. The van der Waals surface area contributed by atoms with E-state index in [2.05, 4.69) is 15.9 Å². The van der Waals surface area contributed by atoms with Gasteiger partial charge in [0.1, 0.15) is 5.84 Å². The van der Waals surface area contributed by atoms with E-state index in [9.17, 15) is 13.2 Å². The summed E-state index contributed by atoms with van der Waals surface area (Å²) in [6, 6.07) is 5.21. The molecule has 1 aliphatic heterocycles. The molecule has 110 valence electrons. The summed E-state index contributed by atoms with van der Waals surface area (Å²) in [7, 11) is 0. The van der Waals surface area contributed by atoms with Gasteiger partial charge in [-0.15, -0.1) is 0 Å². The Kier molecular flexibility index (Phi) is 4.27. The third-order valence-electron chi connectivity index (χ3n) is 3.56. The van der Waals surface area contributed by atoms with Crippen molar-refractivity contribution in [3.63, 3.8) is 0 Å². The van der Waals surface area contributed by atoms with Gasteiger partial charge < -0.3 is 10.6 Å². The topological polar surface area (TPSA) is 53.1 Å². The van der Waals surface area contributed by atoms with E-state index in [0.717, 1.165) is 10.2 Å². The highest BCUT2D eigenvalue weighted by atomic mass is 79.9. The quantitative estimate of drug-likeness (QED) is 0.634. The summed E-state index contributed by atoms with van der Waals surface area (Å²) in [5, 5.41) is 7.36. The van der Waals surface area contributed by atoms with Crippen LogP contribution in [0.4, 0.5) is 18.9 Å². The van der Waals surface area contributed by atoms with E-state index >= 15 is 0 Å². The largest absolute Gasteiger partial charge is 0.391 e. The molecular formula is C13H15BrF3N3. The first-order valence-electron chi connectivity index (χ1n) is 6.24. The van der Waals surface area contributed by atoms with Crippen molar-refractivity contribution in [1.82, 2.24) is 0 Å². The summed E-state index contributed by atoms with van der Waals surface area (Å²) >= 11 is 3.39. The maximum Gasteiger partial charge on any atom is 0.391 e. The number of hydrogen-bond donors (Lipinski definition) is 2. The zero-order valence-electron chi connectivity index (χ0n) is 10.7. The van der Waals surface area contributed by atoms with Gasteiger partial charge in [-0.05, 0) is 47.0 Å². The fourth-order valence-electron chi connectivity index (χ4n) is 2.38. The number of nitrogens with one attached hydrogen (secondary N) is 1. The van der Waals surface area contributed by atoms with Gasteiger partial charge in [-0.2, -0.15) is 13.2 Å². The third-order valence-corrected chi connectivity index (χ3v) is 4.19. The highest BCUT2D eigenvalue weighted by Crippen LogP contribution is 2.37. The van der Waals surface area contributed by atoms with E-state index in [0.29, 0.717) is 18.7 Å². The number of halogens is 4. The molecule has 0 aromatic heterocycles. The monoisotopic (exact) mass is 349 g/mol. The van der Waals surface area contributed by atoms with Gasteiger partial charge in [0.2, 0.25) is 0 Å². The highest BCUT2D eigenvalue weighted by molar-refractivity contribution is 9.10. The fraction of sp³-hybridized carbons (Fsp3) is 0.462. The van der Waals surface area contributed by atoms with Crippen molar-refractivity contribution < 1.29 is 13.2 Å². The average Bonchev–Trinajstić information content (AvgIpc) is 2.37. The first kappa shape index (κ1) is 15.2. The van der Waals surface area contributed by atoms with Crippen molar-refractivity contribution in [2.75, 3.05) is 18.0 Å². The van der Waals surface area contributed by atoms with Crippen LogP contribution < -0.4 is 10.6 Å². The molecule has 0 spiro atoms. The van der Waals surface area contributed by atoms with E-state index in [4.69, 9.17) is 11.1 Å². The van der Waals surface area contributed by atoms with Gasteiger partial charge in [-0.1, -0.05) is 0 Å². The lowest BCUT2D eigenvalue weighted by atomic mass is 9.96. The molecule has 20 heavy (non-hydrogen) atoms. The minimum Gasteiger partial charge on any atom is -0.384 e. The van der Waals surface area contributed by atoms with Crippen molar-refractivity contribution in [3.8, 4) is 0 Å². The lowest BCUT2D eigenvalue weighted by molar-refractivity contribution is -0.179. The predicted molar refractivity (Wildman–Crippen MR) is 76.2 cm³/mol. The Bertz CT molecular complexity index is 508. The van der Waals surface area contributed by atoms with Crippen LogP contribution in [0.3, 0.4) is 0 Å². The first-order chi connectivity index (χ1) is 9.29. The van der Waals surface area contributed by atoms with Crippen LogP contribution >= 0.6 is 15.9 Å². The lowest BCUT2D eigenvalue weighted by Gasteiger charge is -2.35. The van der Waals surface area contributed by atoms with Crippen LogP contribution in [0, 0.1) is 11.3 Å². The molecule has 0 amide bonds. The maximum absolute atomic E-state index is 12.6. The van der Waals surface area contributed by atoms with E-state index in [-0.39, 0.29) is 18.7 Å². The SMILES string of the molecule is N=C(N)c1ccc(N2CCC(C(F)(F)F)CC2)c(Br)c1. The Balaban J connectivity index is 2.09. The first-order valence-corrected chi connectivity index (χ1v) is 7.04. The van der Waals surface area contributed by atoms with Crippen molar-refractivity contribution in [3.05, 3.63) is 28.2 Å². The van der Waals surface area contributed by atoms with Crippen LogP contribution in [0.2, 0.25) is 0 Å². The summed E-state index contributed by atoms with van der Waals surface area (Å²) in [6.45, 7) is 0.754. The molecule has 1 heterocycles. The molecule has 0 saturated carbocycles. The number of piperidine rings is 1. The van der Waals surface area contributed by atoms with E-state index in [1.807, 2.05) is 4.90 Å². The zero-order chi connectivity index (χ0) is 14.9. The molecule has 0 radical (unpaired) electrons. The Hall–Kier alpha value is -1.24. The third kappa shape index (κ3) is 3.26. The number of rotatable bonds is 2. The smallest absolute Gasteiger partial charge is 0.384 e. The zero-order valence-corrected chi connectivity index (χ0v) is 12.3. The molecule has 7 heteroatoms. The molecule has 1 aromatic rings. The second kappa shape index (κ2) is 5.63. The second-order valence-corrected chi connectivity index (χ2v) is 5.74. The highest BCUT2D eigenvalue weighted by Gasteiger charge is 2.41. The van der Waals surface area contributed by atoms with Crippen LogP contribution in [-0.4, -0.2) is 25.1 Å². The number of nitrogen functional groups attached to an aromatic ring is 1. The summed E-state index contributed by atoms with van der Waals surface area (Å²) in [4.78, 5) is 1.93. The van der Waals surface area contributed by atoms with Gasteiger partial charge in [0.05, 0.1) is 11.6 Å². The van der Waals surface area contributed by atoms with Gasteiger partial charge in [-0.25, -0.2) is 0 Å². The van der Waals surface area contributed by atoms with E-state index < -0.39 is 12.1 Å². The molecule has 0 bridgehead atoms. The van der Waals surface area contributed by atoms with Crippen molar-refractivity contribution in [2.45, 2.75) is 19.0 Å². The number of nitrogens with two attached hydrogens (primary N) is 1. The van der Waals surface area contributed by atoms with Crippen molar-refractivity contribution >= 4 is 27.5 Å². The van der Waals surface area contributed by atoms with Gasteiger partial charge in [0, 0.05) is 23.1 Å². The lowest BCUT2D eigenvalue weighted by Crippen LogP contribution is -2.39. The second-order valence-electron chi connectivity index (χ2n) is 4.88. The molecule has 3 nitrogen and oxygen atoms in total. The van der Waals surface area contributed by atoms with Crippen LogP contribution in [0.5, 0.6) is 0 Å². The fourth-order valence-corrected chi connectivity index (χ4v) is 3.01. The summed E-state index contributed by atoms with van der Waals surface area (Å²) < 4.78 is 38.6. The normalized spacial score (nSPS) is 17.3. The molecule has 1 aliphatic rings. The Morgan fingerprint density at radius 3 is 2.35 bits per heavy atom. The van der Waals surface area contributed by atoms with Crippen LogP contribution in [-0.2, 0) is 0 Å². The van der Waals surface area contributed by atoms with E-state index in [1.54, 1.807) is 18.2 Å². The standard InChI is InChI=1S/C13H15BrF3N3/c14-10-7-8(12(18)19)1-2-11(10)20-5-3-9(4-6-20)13(15,16)17/h1-2,7,9H,3-6H2,(H3,18,19). The molecule has 1 saturated heterocycles. The van der Waals surface area contributed by atoms with Gasteiger partial charge in [0.25, 0.3) is 0 Å². The number of amidine groups is 1. The summed E-state index contributed by atoms with van der Waals surface area (Å²) in [6.07, 6.45) is -3.86. The molecule has 1 aromatic carbocycles. The summed E-state index contributed by atoms with van der Waals surface area (Å²) in [5.74, 6) is -1.23. The van der Waals surface area contributed by atoms with Crippen LogP contribution in [0.15, 0.2) is 22.7 Å².